The van der Waals surface area contributed by atoms with Gasteiger partial charge < -0.3 is 5.32 Å². The van der Waals surface area contributed by atoms with Crippen LogP contribution in [0.3, 0.4) is 0 Å². The number of rotatable bonds is 2. The standard InChI is InChI=1S/C14H18N6/c1-14(2,3)11-9-10-13(15-6-8-20(10)17-11)16-12-5-7-19(4)18-12/h5-9H,1-4H3,(H,15,16,18). The van der Waals surface area contributed by atoms with E-state index in [1.807, 2.05) is 30.0 Å². The van der Waals surface area contributed by atoms with Gasteiger partial charge in [-0.1, -0.05) is 20.8 Å². The molecule has 0 saturated carbocycles. The molecule has 0 amide bonds. The van der Waals surface area contributed by atoms with Gasteiger partial charge in [0.25, 0.3) is 0 Å². The van der Waals surface area contributed by atoms with Crippen LogP contribution in [0.2, 0.25) is 0 Å². The molecule has 6 nitrogen and oxygen atoms in total. The van der Waals surface area contributed by atoms with Crippen LogP contribution in [0.1, 0.15) is 26.5 Å². The van der Waals surface area contributed by atoms with Crippen LogP contribution < -0.4 is 5.32 Å². The fourth-order valence-corrected chi connectivity index (χ4v) is 1.99. The van der Waals surface area contributed by atoms with Crippen molar-refractivity contribution in [2.75, 3.05) is 5.32 Å². The summed E-state index contributed by atoms with van der Waals surface area (Å²) in [6.07, 6.45) is 5.48. The van der Waals surface area contributed by atoms with E-state index in [0.29, 0.717) is 0 Å². The molecule has 6 heteroatoms. The number of nitrogens with zero attached hydrogens (tertiary/aromatic N) is 5. The number of fused-ring (bicyclic) bond motifs is 1. The molecule has 3 heterocycles. The van der Waals surface area contributed by atoms with E-state index >= 15 is 0 Å². The van der Waals surface area contributed by atoms with E-state index in [0.717, 1.165) is 22.8 Å². The van der Waals surface area contributed by atoms with Gasteiger partial charge in [-0.05, 0) is 6.07 Å². The van der Waals surface area contributed by atoms with Crippen molar-refractivity contribution in [3.05, 3.63) is 36.4 Å². The Hall–Kier alpha value is -2.37. The highest BCUT2D eigenvalue weighted by atomic mass is 15.3. The van der Waals surface area contributed by atoms with Crippen molar-refractivity contribution in [2.24, 2.45) is 7.05 Å². The molecule has 0 aliphatic rings. The summed E-state index contributed by atoms with van der Waals surface area (Å²) in [4.78, 5) is 4.39. The van der Waals surface area contributed by atoms with Crippen molar-refractivity contribution in [3.63, 3.8) is 0 Å². The van der Waals surface area contributed by atoms with Crippen molar-refractivity contribution in [2.45, 2.75) is 26.2 Å². The molecule has 0 saturated heterocycles. The first-order valence-corrected chi connectivity index (χ1v) is 6.55. The molecule has 0 aromatic carbocycles. The Morgan fingerprint density at radius 3 is 2.60 bits per heavy atom. The molecular formula is C14H18N6. The first-order chi connectivity index (χ1) is 9.43. The highest BCUT2D eigenvalue weighted by molar-refractivity contribution is 5.72. The Balaban J connectivity index is 2.05. The van der Waals surface area contributed by atoms with E-state index in [4.69, 9.17) is 0 Å². The van der Waals surface area contributed by atoms with E-state index in [2.05, 4.69) is 47.3 Å². The molecule has 0 unspecified atom stereocenters. The zero-order valence-electron chi connectivity index (χ0n) is 12.1. The van der Waals surface area contributed by atoms with Crippen LogP contribution in [0, 0.1) is 0 Å². The third-order valence-corrected chi connectivity index (χ3v) is 3.12. The molecule has 1 N–H and O–H groups in total. The van der Waals surface area contributed by atoms with Gasteiger partial charge in [-0.25, -0.2) is 9.50 Å². The summed E-state index contributed by atoms with van der Waals surface area (Å²) in [6, 6.07) is 3.98. The summed E-state index contributed by atoms with van der Waals surface area (Å²) < 4.78 is 3.60. The van der Waals surface area contributed by atoms with Crippen molar-refractivity contribution in [1.29, 1.82) is 0 Å². The summed E-state index contributed by atoms with van der Waals surface area (Å²) in [5.74, 6) is 1.53. The zero-order chi connectivity index (χ0) is 14.3. The van der Waals surface area contributed by atoms with Crippen LogP contribution in [0.15, 0.2) is 30.7 Å². The van der Waals surface area contributed by atoms with Gasteiger partial charge in [0.2, 0.25) is 0 Å². The maximum absolute atomic E-state index is 4.60. The first kappa shape index (κ1) is 12.7. The van der Waals surface area contributed by atoms with Crippen LogP contribution in [0.5, 0.6) is 0 Å². The molecule has 0 radical (unpaired) electrons. The monoisotopic (exact) mass is 270 g/mol. The Labute approximate surface area is 117 Å². The van der Waals surface area contributed by atoms with Crippen LogP contribution >= 0.6 is 0 Å². The van der Waals surface area contributed by atoms with E-state index in [1.165, 1.54) is 0 Å². The van der Waals surface area contributed by atoms with Crippen molar-refractivity contribution in [3.8, 4) is 0 Å². The number of nitrogens with one attached hydrogen (secondary N) is 1. The zero-order valence-corrected chi connectivity index (χ0v) is 12.1. The third-order valence-electron chi connectivity index (χ3n) is 3.12. The van der Waals surface area contributed by atoms with Gasteiger partial charge in [-0.2, -0.15) is 10.2 Å². The minimum absolute atomic E-state index is 0.00822. The molecule has 3 aromatic rings. The van der Waals surface area contributed by atoms with Gasteiger partial charge in [0.05, 0.1) is 5.69 Å². The first-order valence-electron chi connectivity index (χ1n) is 6.55. The predicted molar refractivity (Wildman–Crippen MR) is 78.2 cm³/mol. The lowest BCUT2D eigenvalue weighted by Gasteiger charge is -2.13. The highest BCUT2D eigenvalue weighted by Gasteiger charge is 2.19. The maximum atomic E-state index is 4.60. The molecule has 0 aliphatic carbocycles. The smallest absolute Gasteiger partial charge is 0.157 e. The fraction of sp³-hybridized carbons (Fsp3) is 0.357. The minimum atomic E-state index is 0.00822. The maximum Gasteiger partial charge on any atom is 0.157 e. The van der Waals surface area contributed by atoms with Gasteiger partial charge in [-0.15, -0.1) is 0 Å². The van der Waals surface area contributed by atoms with E-state index in [9.17, 15) is 0 Å². The van der Waals surface area contributed by atoms with Crippen LogP contribution in [-0.2, 0) is 12.5 Å². The second kappa shape index (κ2) is 4.33. The second-order valence-electron chi connectivity index (χ2n) is 5.88. The summed E-state index contributed by atoms with van der Waals surface area (Å²) in [7, 11) is 1.88. The topological polar surface area (TPSA) is 60.0 Å². The second-order valence-corrected chi connectivity index (χ2v) is 5.88. The summed E-state index contributed by atoms with van der Waals surface area (Å²) in [5, 5.41) is 12.1. The van der Waals surface area contributed by atoms with Gasteiger partial charge in [0.1, 0.15) is 5.52 Å². The molecule has 104 valence electrons. The number of hydrogen-bond acceptors (Lipinski definition) is 4. The lowest BCUT2D eigenvalue weighted by atomic mass is 9.92. The van der Waals surface area contributed by atoms with E-state index in [1.54, 1.807) is 10.9 Å². The fourth-order valence-electron chi connectivity index (χ4n) is 1.99. The molecule has 0 atom stereocenters. The number of anilines is 2. The average molecular weight is 270 g/mol. The molecular weight excluding hydrogens is 252 g/mol. The number of aryl methyl sites for hydroxylation is 1. The number of hydrogen-bond donors (Lipinski definition) is 1. The largest absolute Gasteiger partial charge is 0.322 e. The Kier molecular flexibility index (Phi) is 2.74. The Morgan fingerprint density at radius 2 is 1.95 bits per heavy atom. The van der Waals surface area contributed by atoms with E-state index < -0.39 is 0 Å². The number of aromatic nitrogens is 5. The normalized spacial score (nSPS) is 12.0. The van der Waals surface area contributed by atoms with Crippen molar-refractivity contribution < 1.29 is 0 Å². The predicted octanol–water partition coefficient (Wildman–Crippen LogP) is 2.50. The van der Waals surface area contributed by atoms with Crippen LogP contribution in [0.25, 0.3) is 5.52 Å². The summed E-state index contributed by atoms with van der Waals surface area (Å²) in [6.45, 7) is 6.44. The SMILES string of the molecule is Cn1ccc(Nc2nccn3nc(C(C)(C)C)cc23)n1. The Morgan fingerprint density at radius 1 is 1.15 bits per heavy atom. The van der Waals surface area contributed by atoms with Gasteiger partial charge >= 0.3 is 0 Å². The average Bonchev–Trinajstić information content (AvgIpc) is 2.95. The van der Waals surface area contributed by atoms with E-state index in [-0.39, 0.29) is 5.41 Å². The molecule has 0 aliphatic heterocycles. The van der Waals surface area contributed by atoms with Crippen LogP contribution in [-0.4, -0.2) is 24.4 Å². The quantitative estimate of drug-likeness (QED) is 0.777. The molecule has 0 bridgehead atoms. The molecule has 3 aromatic heterocycles. The summed E-state index contributed by atoms with van der Waals surface area (Å²) >= 11 is 0. The molecule has 20 heavy (non-hydrogen) atoms. The lowest BCUT2D eigenvalue weighted by Crippen LogP contribution is -2.11. The van der Waals surface area contributed by atoms with Crippen molar-refractivity contribution >= 4 is 17.2 Å². The van der Waals surface area contributed by atoms with Gasteiger partial charge in [0.15, 0.2) is 11.6 Å². The highest BCUT2D eigenvalue weighted by Crippen LogP contribution is 2.25. The van der Waals surface area contributed by atoms with Gasteiger partial charge in [-0.3, -0.25) is 4.68 Å². The van der Waals surface area contributed by atoms with Gasteiger partial charge in [0, 0.05) is 37.1 Å². The summed E-state index contributed by atoms with van der Waals surface area (Å²) in [5.41, 5.74) is 1.99. The third kappa shape index (κ3) is 2.24. The minimum Gasteiger partial charge on any atom is -0.322 e. The lowest BCUT2D eigenvalue weighted by molar-refractivity contribution is 0.562. The Bertz CT molecular complexity index is 746. The van der Waals surface area contributed by atoms with Crippen LogP contribution in [0.4, 0.5) is 11.6 Å². The molecule has 0 spiro atoms. The molecule has 0 fully saturated rings. The molecule has 3 rings (SSSR count). The van der Waals surface area contributed by atoms with Crippen molar-refractivity contribution in [1.82, 2.24) is 24.4 Å².